The highest BCUT2D eigenvalue weighted by atomic mass is 16.2. The molecule has 4 nitrogen and oxygen atoms in total. The average Bonchev–Trinajstić information content (AvgIpc) is 2.64. The van der Waals surface area contributed by atoms with Crippen LogP contribution in [-0.2, 0) is 0 Å². The number of carbonyl (C=O) groups excluding carboxylic acids is 2. The maximum atomic E-state index is 12.7. The summed E-state index contributed by atoms with van der Waals surface area (Å²) >= 11 is 0. The molecule has 1 aliphatic heterocycles. The quantitative estimate of drug-likeness (QED) is 0.919. The van der Waals surface area contributed by atoms with Crippen LogP contribution in [0.3, 0.4) is 0 Å². The predicted molar refractivity (Wildman–Crippen MR) is 103 cm³/mol. The van der Waals surface area contributed by atoms with Crippen LogP contribution in [0.2, 0.25) is 0 Å². The van der Waals surface area contributed by atoms with E-state index in [1.807, 2.05) is 68.1 Å². The fourth-order valence-corrected chi connectivity index (χ4v) is 3.37. The third kappa shape index (κ3) is 3.96. The molecule has 2 amide bonds. The summed E-state index contributed by atoms with van der Waals surface area (Å²) in [6, 6.07) is 13.6. The maximum absolute atomic E-state index is 12.7. The van der Waals surface area contributed by atoms with Crippen LogP contribution in [0.1, 0.15) is 50.2 Å². The van der Waals surface area contributed by atoms with Crippen molar-refractivity contribution in [1.29, 1.82) is 0 Å². The Morgan fingerprint density at radius 2 is 1.62 bits per heavy atom. The summed E-state index contributed by atoms with van der Waals surface area (Å²) in [7, 11) is 0. The Morgan fingerprint density at radius 1 is 0.923 bits per heavy atom. The molecule has 0 saturated carbocycles. The van der Waals surface area contributed by atoms with E-state index in [-0.39, 0.29) is 17.9 Å². The first kappa shape index (κ1) is 18.2. The molecule has 2 aromatic rings. The van der Waals surface area contributed by atoms with E-state index in [1.165, 1.54) is 5.56 Å². The Morgan fingerprint density at radius 3 is 2.27 bits per heavy atom. The van der Waals surface area contributed by atoms with Gasteiger partial charge in [-0.05, 0) is 68.5 Å². The van der Waals surface area contributed by atoms with Crippen molar-refractivity contribution in [3.63, 3.8) is 0 Å². The molecule has 1 saturated heterocycles. The Bertz CT molecular complexity index is 821. The number of amides is 2. The molecule has 0 unspecified atom stereocenters. The molecular formula is C22H26N2O2. The van der Waals surface area contributed by atoms with Crippen molar-refractivity contribution < 1.29 is 9.59 Å². The second-order valence-corrected chi connectivity index (χ2v) is 7.15. The zero-order chi connectivity index (χ0) is 18.7. The van der Waals surface area contributed by atoms with Gasteiger partial charge in [-0.2, -0.15) is 0 Å². The smallest absolute Gasteiger partial charge is 0.253 e. The molecule has 3 rings (SSSR count). The van der Waals surface area contributed by atoms with Crippen LogP contribution in [-0.4, -0.2) is 35.8 Å². The van der Waals surface area contributed by atoms with Gasteiger partial charge in [0.1, 0.15) is 0 Å². The maximum Gasteiger partial charge on any atom is 0.253 e. The fraction of sp³-hybridized carbons (Fsp3) is 0.364. The van der Waals surface area contributed by atoms with Gasteiger partial charge in [-0.3, -0.25) is 9.59 Å². The number of nitrogens with one attached hydrogen (secondary N) is 1. The molecule has 26 heavy (non-hydrogen) atoms. The summed E-state index contributed by atoms with van der Waals surface area (Å²) in [6.45, 7) is 7.36. The summed E-state index contributed by atoms with van der Waals surface area (Å²) in [5.41, 5.74) is 4.78. The lowest BCUT2D eigenvalue weighted by molar-refractivity contribution is 0.0698. The van der Waals surface area contributed by atoms with E-state index in [0.717, 1.165) is 35.1 Å². The molecular weight excluding hydrogens is 324 g/mol. The van der Waals surface area contributed by atoms with Crippen LogP contribution in [0.4, 0.5) is 0 Å². The Hall–Kier alpha value is -2.62. The van der Waals surface area contributed by atoms with Gasteiger partial charge in [0.15, 0.2) is 0 Å². The van der Waals surface area contributed by atoms with Gasteiger partial charge in [-0.1, -0.05) is 24.3 Å². The van der Waals surface area contributed by atoms with E-state index < -0.39 is 0 Å². The molecule has 0 radical (unpaired) electrons. The normalized spacial score (nSPS) is 15.0. The fourth-order valence-electron chi connectivity index (χ4n) is 3.37. The summed E-state index contributed by atoms with van der Waals surface area (Å²) in [5.74, 6) is 0.0545. The van der Waals surface area contributed by atoms with Crippen LogP contribution >= 0.6 is 0 Å². The van der Waals surface area contributed by atoms with E-state index in [1.54, 1.807) is 0 Å². The lowest BCUT2D eigenvalue weighted by atomic mass is 10.0. The second-order valence-electron chi connectivity index (χ2n) is 7.15. The number of likely N-dealkylation sites (tertiary alicyclic amines) is 1. The lowest BCUT2D eigenvalue weighted by Gasteiger charge is -2.32. The Labute approximate surface area is 155 Å². The molecule has 136 valence electrons. The minimum Gasteiger partial charge on any atom is -0.349 e. The van der Waals surface area contributed by atoms with Gasteiger partial charge < -0.3 is 10.2 Å². The molecule has 1 heterocycles. The number of hydrogen-bond acceptors (Lipinski definition) is 2. The largest absolute Gasteiger partial charge is 0.349 e. The van der Waals surface area contributed by atoms with E-state index >= 15 is 0 Å². The molecule has 0 atom stereocenters. The van der Waals surface area contributed by atoms with Crippen molar-refractivity contribution in [3.05, 3.63) is 70.3 Å². The second kappa shape index (κ2) is 7.73. The molecule has 0 aromatic heterocycles. The van der Waals surface area contributed by atoms with Gasteiger partial charge >= 0.3 is 0 Å². The number of piperidine rings is 1. The first-order valence-corrected chi connectivity index (χ1v) is 9.18. The number of aryl methyl sites for hydroxylation is 3. The minimum absolute atomic E-state index is 0.0259. The predicted octanol–water partition coefficient (Wildman–Crippen LogP) is 3.65. The highest BCUT2D eigenvalue weighted by Crippen LogP contribution is 2.17. The molecule has 1 fully saturated rings. The zero-order valence-corrected chi connectivity index (χ0v) is 15.7. The van der Waals surface area contributed by atoms with Gasteiger partial charge in [0.2, 0.25) is 0 Å². The van der Waals surface area contributed by atoms with Crippen LogP contribution in [0.15, 0.2) is 42.5 Å². The molecule has 1 aliphatic rings. The van der Waals surface area contributed by atoms with E-state index in [2.05, 4.69) is 5.32 Å². The number of nitrogens with zero attached hydrogens (tertiary/aromatic N) is 1. The number of hydrogen-bond donors (Lipinski definition) is 1. The monoisotopic (exact) mass is 350 g/mol. The van der Waals surface area contributed by atoms with Gasteiger partial charge in [0.25, 0.3) is 11.8 Å². The minimum atomic E-state index is -0.0259. The van der Waals surface area contributed by atoms with Crippen molar-refractivity contribution in [2.24, 2.45) is 0 Å². The molecule has 2 aromatic carbocycles. The summed E-state index contributed by atoms with van der Waals surface area (Å²) in [4.78, 5) is 27.0. The van der Waals surface area contributed by atoms with Gasteiger partial charge in [-0.15, -0.1) is 0 Å². The van der Waals surface area contributed by atoms with Crippen LogP contribution in [0.5, 0.6) is 0 Å². The van der Waals surface area contributed by atoms with Crippen molar-refractivity contribution >= 4 is 11.8 Å². The van der Waals surface area contributed by atoms with E-state index in [4.69, 9.17) is 0 Å². The lowest BCUT2D eigenvalue weighted by Crippen LogP contribution is -2.46. The summed E-state index contributed by atoms with van der Waals surface area (Å²) in [6.07, 6.45) is 1.57. The first-order valence-electron chi connectivity index (χ1n) is 9.18. The van der Waals surface area contributed by atoms with Crippen molar-refractivity contribution in [3.8, 4) is 0 Å². The average molecular weight is 350 g/mol. The van der Waals surface area contributed by atoms with Crippen molar-refractivity contribution in [2.45, 2.75) is 39.7 Å². The number of benzene rings is 2. The molecule has 0 aliphatic carbocycles. The van der Waals surface area contributed by atoms with Crippen molar-refractivity contribution in [1.82, 2.24) is 10.2 Å². The highest BCUT2D eigenvalue weighted by Gasteiger charge is 2.25. The van der Waals surface area contributed by atoms with Crippen LogP contribution in [0.25, 0.3) is 0 Å². The topological polar surface area (TPSA) is 49.4 Å². The first-order chi connectivity index (χ1) is 12.5. The van der Waals surface area contributed by atoms with E-state index in [9.17, 15) is 9.59 Å². The SMILES string of the molecule is Cc1ccc(C(=O)N2CCC(NC(=O)c3ccccc3C)CC2)cc1C. The highest BCUT2D eigenvalue weighted by molar-refractivity contribution is 5.96. The van der Waals surface area contributed by atoms with Crippen LogP contribution in [0, 0.1) is 20.8 Å². The molecule has 4 heteroatoms. The Kier molecular flexibility index (Phi) is 5.40. The zero-order valence-electron chi connectivity index (χ0n) is 15.7. The van der Waals surface area contributed by atoms with E-state index in [0.29, 0.717) is 13.1 Å². The van der Waals surface area contributed by atoms with Gasteiger partial charge in [0.05, 0.1) is 0 Å². The third-order valence-corrected chi connectivity index (χ3v) is 5.26. The van der Waals surface area contributed by atoms with Crippen molar-refractivity contribution in [2.75, 3.05) is 13.1 Å². The van der Waals surface area contributed by atoms with Crippen LogP contribution < -0.4 is 5.32 Å². The Balaban J connectivity index is 1.57. The molecule has 0 bridgehead atoms. The third-order valence-electron chi connectivity index (χ3n) is 5.26. The summed E-state index contributed by atoms with van der Waals surface area (Å²) in [5, 5.41) is 3.11. The molecule has 1 N–H and O–H groups in total. The summed E-state index contributed by atoms with van der Waals surface area (Å²) < 4.78 is 0. The number of rotatable bonds is 3. The van der Waals surface area contributed by atoms with Gasteiger partial charge in [-0.25, -0.2) is 0 Å². The number of carbonyl (C=O) groups is 2. The van der Waals surface area contributed by atoms with Gasteiger partial charge in [0, 0.05) is 30.3 Å². The molecule has 0 spiro atoms. The standard InChI is InChI=1S/C22H26N2O2/c1-15-8-9-18(14-17(15)3)22(26)24-12-10-19(11-13-24)23-21(25)20-7-5-4-6-16(20)2/h4-9,14,19H,10-13H2,1-3H3,(H,23,25).